The minimum atomic E-state index is -0.172. The van der Waals surface area contributed by atoms with Gasteiger partial charge in [0.15, 0.2) is 5.16 Å². The number of hydrogen-bond donors (Lipinski definition) is 1. The first kappa shape index (κ1) is 23.4. The normalized spacial score (nSPS) is 13.1. The number of carbonyl (C=O) groups is 2. The molecule has 0 atom stereocenters. The molecule has 10 heteroatoms. The molecule has 0 aliphatic carbocycles. The van der Waals surface area contributed by atoms with Gasteiger partial charge in [0.25, 0.3) is 5.56 Å². The molecule has 0 spiro atoms. The number of rotatable bonds is 7. The van der Waals surface area contributed by atoms with E-state index in [-0.39, 0.29) is 23.1 Å². The van der Waals surface area contributed by atoms with Crippen LogP contribution in [0.25, 0.3) is 10.2 Å². The molecule has 3 aromatic heterocycles. The number of hydrogen-bond acceptors (Lipinski definition) is 7. The highest BCUT2D eigenvalue weighted by Gasteiger charge is 2.26. The van der Waals surface area contributed by atoms with Crippen molar-refractivity contribution in [2.24, 2.45) is 0 Å². The van der Waals surface area contributed by atoms with Crippen molar-refractivity contribution in [1.82, 2.24) is 19.8 Å². The van der Waals surface area contributed by atoms with Gasteiger partial charge in [-0.1, -0.05) is 42.1 Å². The maximum Gasteiger partial charge on any atom is 0.263 e. The first-order chi connectivity index (χ1) is 17.0. The Kier molecular flexibility index (Phi) is 6.74. The summed E-state index contributed by atoms with van der Waals surface area (Å²) in [5.41, 5.74) is 1.87. The molecule has 35 heavy (non-hydrogen) atoms. The standard InChI is InChI=1S/C25H24N4O4S2/c1-16(30)28-10-9-19-20(14-28)35-23-22(19)24(32)29(13-17-6-3-2-4-7-17)25(27-23)34-15-21(31)26-12-18-8-5-11-33-18/h2-8,11H,9-10,12-15H2,1H3,(H,26,31). The SMILES string of the molecule is CC(=O)N1CCc2c(sc3nc(SCC(=O)NCc4ccco4)n(Cc4ccccc4)c(=O)c23)C1. The topological polar surface area (TPSA) is 97.4 Å². The van der Waals surface area contributed by atoms with Crippen LogP contribution in [-0.2, 0) is 35.6 Å². The van der Waals surface area contributed by atoms with E-state index in [1.54, 1.807) is 34.8 Å². The van der Waals surface area contributed by atoms with E-state index in [1.165, 1.54) is 23.1 Å². The summed E-state index contributed by atoms with van der Waals surface area (Å²) in [7, 11) is 0. The van der Waals surface area contributed by atoms with Gasteiger partial charge in [0.2, 0.25) is 11.8 Å². The second-order valence-electron chi connectivity index (χ2n) is 8.29. The summed E-state index contributed by atoms with van der Waals surface area (Å²) < 4.78 is 6.92. The van der Waals surface area contributed by atoms with Crippen molar-refractivity contribution in [3.63, 3.8) is 0 Å². The molecule has 0 unspecified atom stereocenters. The summed E-state index contributed by atoms with van der Waals surface area (Å²) in [6, 6.07) is 13.3. The molecular weight excluding hydrogens is 484 g/mol. The predicted octanol–water partition coefficient (Wildman–Crippen LogP) is 3.41. The minimum absolute atomic E-state index is 0.0272. The molecule has 1 N–H and O–H groups in total. The van der Waals surface area contributed by atoms with E-state index in [0.29, 0.717) is 53.7 Å². The van der Waals surface area contributed by atoms with Crippen molar-refractivity contribution in [1.29, 1.82) is 0 Å². The molecule has 1 aromatic carbocycles. The highest BCUT2D eigenvalue weighted by molar-refractivity contribution is 7.99. The molecule has 180 valence electrons. The van der Waals surface area contributed by atoms with E-state index in [2.05, 4.69) is 5.32 Å². The molecule has 8 nitrogen and oxygen atoms in total. The molecule has 4 aromatic rings. The first-order valence-corrected chi connectivity index (χ1v) is 13.1. The predicted molar refractivity (Wildman–Crippen MR) is 135 cm³/mol. The number of carbonyl (C=O) groups excluding carboxylic acids is 2. The number of furan rings is 1. The van der Waals surface area contributed by atoms with Crippen molar-refractivity contribution >= 4 is 45.1 Å². The summed E-state index contributed by atoms with van der Waals surface area (Å²) in [6.07, 6.45) is 2.20. The Morgan fingerprint density at radius 2 is 2.03 bits per heavy atom. The number of aromatic nitrogens is 2. The Morgan fingerprint density at radius 1 is 1.20 bits per heavy atom. The fraction of sp³-hybridized carbons (Fsp3) is 0.280. The third-order valence-corrected chi connectivity index (χ3v) is 8.01. The van der Waals surface area contributed by atoms with Crippen molar-refractivity contribution in [3.05, 3.63) is 80.8 Å². The van der Waals surface area contributed by atoms with Crippen molar-refractivity contribution in [3.8, 4) is 0 Å². The Morgan fingerprint density at radius 3 is 2.77 bits per heavy atom. The number of amides is 2. The zero-order chi connectivity index (χ0) is 24.4. The molecule has 0 saturated heterocycles. The number of thioether (sulfide) groups is 1. The van der Waals surface area contributed by atoms with Crippen molar-refractivity contribution < 1.29 is 14.0 Å². The maximum absolute atomic E-state index is 13.8. The lowest BCUT2D eigenvalue weighted by molar-refractivity contribution is -0.129. The number of nitrogens with one attached hydrogen (secondary N) is 1. The van der Waals surface area contributed by atoms with Gasteiger partial charge in [0.05, 0.1) is 37.0 Å². The summed E-state index contributed by atoms with van der Waals surface area (Å²) in [6.45, 7) is 3.33. The van der Waals surface area contributed by atoms with Gasteiger partial charge >= 0.3 is 0 Å². The molecule has 0 radical (unpaired) electrons. The lowest BCUT2D eigenvalue weighted by atomic mass is 10.1. The summed E-state index contributed by atoms with van der Waals surface area (Å²) >= 11 is 2.71. The highest BCUT2D eigenvalue weighted by Crippen LogP contribution is 2.34. The van der Waals surface area contributed by atoms with E-state index in [0.717, 1.165) is 16.0 Å². The lowest BCUT2D eigenvalue weighted by Crippen LogP contribution is -2.34. The zero-order valence-electron chi connectivity index (χ0n) is 19.2. The van der Waals surface area contributed by atoms with Crippen LogP contribution in [0.4, 0.5) is 0 Å². The molecular formula is C25H24N4O4S2. The van der Waals surface area contributed by atoms with Crippen LogP contribution in [0.3, 0.4) is 0 Å². The Bertz CT molecular complexity index is 1430. The molecule has 0 saturated carbocycles. The van der Waals surface area contributed by atoms with Crippen LogP contribution in [0.1, 0.15) is 28.7 Å². The number of nitrogens with zero attached hydrogens (tertiary/aromatic N) is 3. The van der Waals surface area contributed by atoms with Crippen LogP contribution >= 0.6 is 23.1 Å². The van der Waals surface area contributed by atoms with Crippen molar-refractivity contribution in [2.75, 3.05) is 12.3 Å². The van der Waals surface area contributed by atoms with Gasteiger partial charge in [-0.05, 0) is 29.7 Å². The van der Waals surface area contributed by atoms with Crippen LogP contribution in [0.15, 0.2) is 63.1 Å². The highest BCUT2D eigenvalue weighted by atomic mass is 32.2. The third kappa shape index (κ3) is 5.03. The number of benzene rings is 1. The van der Waals surface area contributed by atoms with Crippen LogP contribution in [0, 0.1) is 0 Å². The number of fused-ring (bicyclic) bond motifs is 3. The molecule has 1 aliphatic heterocycles. The van der Waals surface area contributed by atoms with Crippen LogP contribution < -0.4 is 10.9 Å². The molecule has 2 amide bonds. The fourth-order valence-corrected chi connectivity index (χ4v) is 6.23. The van der Waals surface area contributed by atoms with E-state index in [4.69, 9.17) is 9.40 Å². The van der Waals surface area contributed by atoms with E-state index >= 15 is 0 Å². The van der Waals surface area contributed by atoms with Crippen LogP contribution in [0.5, 0.6) is 0 Å². The molecule has 5 rings (SSSR count). The van der Waals surface area contributed by atoms with E-state index in [9.17, 15) is 14.4 Å². The fourth-order valence-electron chi connectivity index (χ4n) is 4.12. The number of thiophene rings is 1. The van der Waals surface area contributed by atoms with Crippen LogP contribution in [0.2, 0.25) is 0 Å². The van der Waals surface area contributed by atoms with Gasteiger partial charge in [0.1, 0.15) is 10.6 Å². The van der Waals surface area contributed by atoms with Crippen LogP contribution in [-0.4, -0.2) is 38.6 Å². The molecule has 0 fully saturated rings. The molecule has 0 bridgehead atoms. The smallest absolute Gasteiger partial charge is 0.263 e. The summed E-state index contributed by atoms with van der Waals surface area (Å²) in [5, 5.41) is 3.96. The van der Waals surface area contributed by atoms with Gasteiger partial charge in [-0.2, -0.15) is 0 Å². The monoisotopic (exact) mass is 508 g/mol. The van der Waals surface area contributed by atoms with Gasteiger partial charge < -0.3 is 14.6 Å². The van der Waals surface area contributed by atoms with Gasteiger partial charge in [-0.25, -0.2) is 4.98 Å². The largest absolute Gasteiger partial charge is 0.467 e. The summed E-state index contributed by atoms with van der Waals surface area (Å²) in [4.78, 5) is 46.4. The summed E-state index contributed by atoms with van der Waals surface area (Å²) in [5.74, 6) is 0.651. The third-order valence-electron chi connectivity index (χ3n) is 5.93. The van der Waals surface area contributed by atoms with Gasteiger partial charge in [0, 0.05) is 18.3 Å². The Hall–Kier alpha value is -3.37. The Labute approximate surface area is 210 Å². The first-order valence-electron chi connectivity index (χ1n) is 11.3. The quantitative estimate of drug-likeness (QED) is 0.304. The zero-order valence-corrected chi connectivity index (χ0v) is 20.8. The maximum atomic E-state index is 13.8. The van der Waals surface area contributed by atoms with E-state index in [1.807, 2.05) is 30.3 Å². The lowest BCUT2D eigenvalue weighted by Gasteiger charge is -2.25. The average Bonchev–Trinajstić information content (AvgIpc) is 3.51. The second-order valence-corrected chi connectivity index (χ2v) is 10.3. The molecule has 4 heterocycles. The van der Waals surface area contributed by atoms with Crippen molar-refractivity contribution in [2.45, 2.75) is 38.1 Å². The van der Waals surface area contributed by atoms with E-state index < -0.39 is 0 Å². The van der Waals surface area contributed by atoms with Gasteiger partial charge in [-0.3, -0.25) is 19.0 Å². The second kappa shape index (κ2) is 10.1. The minimum Gasteiger partial charge on any atom is -0.467 e. The van der Waals surface area contributed by atoms with Gasteiger partial charge in [-0.15, -0.1) is 11.3 Å². The molecule has 1 aliphatic rings. The average molecular weight is 509 g/mol. The Balaban J connectivity index is 1.46.